The molecular formula is C12H13ClN2O3. The summed E-state index contributed by atoms with van der Waals surface area (Å²) in [7, 11) is 3.13. The Hall–Kier alpha value is -1.88. The fraction of sp³-hybridized carbons (Fsp3) is 0.250. The van der Waals surface area contributed by atoms with Crippen molar-refractivity contribution in [2.45, 2.75) is 6.92 Å². The summed E-state index contributed by atoms with van der Waals surface area (Å²) in [6.45, 7) is 1.87. The molecule has 0 aliphatic rings. The van der Waals surface area contributed by atoms with Gasteiger partial charge >= 0.3 is 0 Å². The number of hydrogen-bond donors (Lipinski definition) is 1. The fourth-order valence-corrected chi connectivity index (χ4v) is 2.19. The van der Waals surface area contributed by atoms with E-state index in [-0.39, 0.29) is 5.88 Å². The highest BCUT2D eigenvalue weighted by molar-refractivity contribution is 6.33. The van der Waals surface area contributed by atoms with Gasteiger partial charge in [-0.1, -0.05) is 16.8 Å². The van der Waals surface area contributed by atoms with Gasteiger partial charge in [0.2, 0.25) is 5.88 Å². The van der Waals surface area contributed by atoms with Crippen LogP contribution in [0.4, 0.5) is 5.88 Å². The number of nitrogens with two attached hydrogens (primary N) is 1. The van der Waals surface area contributed by atoms with Gasteiger partial charge in [0.1, 0.15) is 5.69 Å². The third-order valence-electron chi connectivity index (χ3n) is 2.64. The highest BCUT2D eigenvalue weighted by atomic mass is 35.5. The average molecular weight is 269 g/mol. The van der Waals surface area contributed by atoms with Crippen molar-refractivity contribution in [1.82, 2.24) is 5.16 Å². The van der Waals surface area contributed by atoms with E-state index in [9.17, 15) is 0 Å². The molecule has 0 atom stereocenters. The number of anilines is 1. The van der Waals surface area contributed by atoms with E-state index in [1.54, 1.807) is 26.4 Å². The van der Waals surface area contributed by atoms with Crippen molar-refractivity contribution in [1.29, 1.82) is 0 Å². The summed E-state index contributed by atoms with van der Waals surface area (Å²) in [5.74, 6) is 1.41. The van der Waals surface area contributed by atoms with Crippen molar-refractivity contribution in [3.63, 3.8) is 0 Å². The van der Waals surface area contributed by atoms with Crippen LogP contribution in [0.2, 0.25) is 5.02 Å². The number of rotatable bonds is 3. The van der Waals surface area contributed by atoms with Gasteiger partial charge in [-0.2, -0.15) is 0 Å². The highest BCUT2D eigenvalue weighted by Crippen LogP contribution is 2.42. The molecule has 0 saturated heterocycles. The largest absolute Gasteiger partial charge is 0.493 e. The summed E-state index contributed by atoms with van der Waals surface area (Å²) in [5.41, 5.74) is 7.61. The van der Waals surface area contributed by atoms with Gasteiger partial charge in [-0.05, 0) is 6.92 Å². The molecule has 0 amide bonds. The Bertz CT molecular complexity index is 581. The van der Waals surface area contributed by atoms with Crippen LogP contribution in [0.5, 0.6) is 11.5 Å². The van der Waals surface area contributed by atoms with Crippen molar-refractivity contribution in [3.05, 3.63) is 22.7 Å². The molecule has 1 heterocycles. The van der Waals surface area contributed by atoms with Gasteiger partial charge in [-0.25, -0.2) is 0 Å². The first-order chi connectivity index (χ1) is 8.58. The van der Waals surface area contributed by atoms with Gasteiger partial charge < -0.3 is 19.7 Å². The molecule has 96 valence electrons. The molecule has 0 radical (unpaired) electrons. The van der Waals surface area contributed by atoms with E-state index in [0.717, 1.165) is 11.1 Å². The van der Waals surface area contributed by atoms with Crippen LogP contribution < -0.4 is 15.2 Å². The molecule has 1 aromatic carbocycles. The first-order valence-corrected chi connectivity index (χ1v) is 5.60. The molecule has 0 fully saturated rings. The van der Waals surface area contributed by atoms with Gasteiger partial charge in [0.05, 0.1) is 19.2 Å². The number of aromatic nitrogens is 1. The zero-order chi connectivity index (χ0) is 13.3. The summed E-state index contributed by atoms with van der Waals surface area (Å²) in [4.78, 5) is 0. The topological polar surface area (TPSA) is 70.5 Å². The van der Waals surface area contributed by atoms with E-state index in [4.69, 9.17) is 31.3 Å². The lowest BCUT2D eigenvalue weighted by molar-refractivity contribution is 0.353. The zero-order valence-electron chi connectivity index (χ0n) is 10.3. The summed E-state index contributed by atoms with van der Waals surface area (Å²) >= 11 is 6.23. The smallest absolute Gasteiger partial charge is 0.222 e. The van der Waals surface area contributed by atoms with Crippen LogP contribution >= 0.6 is 11.6 Å². The van der Waals surface area contributed by atoms with Crippen LogP contribution in [0, 0.1) is 6.92 Å². The predicted octanol–water partition coefficient (Wildman–Crippen LogP) is 2.90. The molecule has 0 spiro atoms. The molecule has 0 unspecified atom stereocenters. The first-order valence-electron chi connectivity index (χ1n) is 5.22. The summed E-state index contributed by atoms with van der Waals surface area (Å²) in [6.07, 6.45) is 0. The van der Waals surface area contributed by atoms with Gasteiger partial charge in [0.25, 0.3) is 0 Å². The lowest BCUT2D eigenvalue weighted by Crippen LogP contribution is -1.96. The first kappa shape index (κ1) is 12.6. The molecule has 2 aromatic rings. The zero-order valence-corrected chi connectivity index (χ0v) is 11.0. The van der Waals surface area contributed by atoms with Gasteiger partial charge in [0.15, 0.2) is 11.5 Å². The third kappa shape index (κ3) is 1.97. The van der Waals surface area contributed by atoms with E-state index >= 15 is 0 Å². The Morgan fingerprint density at radius 1 is 1.28 bits per heavy atom. The maximum atomic E-state index is 6.23. The van der Waals surface area contributed by atoms with Crippen molar-refractivity contribution in [2.75, 3.05) is 20.0 Å². The number of hydrogen-bond acceptors (Lipinski definition) is 5. The summed E-state index contributed by atoms with van der Waals surface area (Å²) in [5, 5.41) is 4.36. The quantitative estimate of drug-likeness (QED) is 0.927. The van der Waals surface area contributed by atoms with Crippen molar-refractivity contribution in [2.24, 2.45) is 0 Å². The Kier molecular flexibility index (Phi) is 3.34. The third-order valence-corrected chi connectivity index (χ3v) is 2.94. The van der Waals surface area contributed by atoms with Gasteiger partial charge in [0, 0.05) is 23.3 Å². The SMILES string of the molecule is COc1cc(Cl)c(-c2cc(N)on2)c(C)c1OC. The number of ether oxygens (including phenoxy) is 2. The second-order valence-corrected chi connectivity index (χ2v) is 4.12. The Balaban J connectivity index is 2.68. The number of halogens is 1. The van der Waals surface area contributed by atoms with E-state index < -0.39 is 0 Å². The maximum Gasteiger partial charge on any atom is 0.222 e. The minimum atomic E-state index is 0.232. The molecule has 0 aliphatic heterocycles. The molecule has 2 N–H and O–H groups in total. The molecule has 0 saturated carbocycles. The number of nitrogen functional groups attached to an aromatic ring is 1. The standard InChI is InChI=1S/C12H13ClN2O3/c1-6-11(8-5-10(14)18-15-8)7(13)4-9(16-2)12(6)17-3/h4-5H,14H2,1-3H3. The van der Waals surface area contributed by atoms with Crippen molar-refractivity contribution >= 4 is 17.5 Å². The lowest BCUT2D eigenvalue weighted by Gasteiger charge is -2.14. The van der Waals surface area contributed by atoms with E-state index in [1.807, 2.05) is 6.92 Å². The Labute approximate surface area is 109 Å². The maximum absolute atomic E-state index is 6.23. The van der Waals surface area contributed by atoms with E-state index in [0.29, 0.717) is 22.2 Å². The van der Waals surface area contributed by atoms with Crippen LogP contribution in [0.25, 0.3) is 11.3 Å². The number of benzene rings is 1. The molecule has 1 aromatic heterocycles. The second-order valence-electron chi connectivity index (χ2n) is 3.71. The number of methoxy groups -OCH3 is 2. The van der Waals surface area contributed by atoms with Crippen molar-refractivity contribution < 1.29 is 14.0 Å². The molecule has 2 rings (SSSR count). The molecule has 6 heteroatoms. The van der Waals surface area contributed by atoms with E-state index in [2.05, 4.69) is 5.16 Å². The normalized spacial score (nSPS) is 10.4. The lowest BCUT2D eigenvalue weighted by atomic mass is 10.0. The summed E-state index contributed by atoms with van der Waals surface area (Å²) in [6, 6.07) is 3.29. The average Bonchev–Trinajstić information content (AvgIpc) is 2.75. The van der Waals surface area contributed by atoms with Crippen LogP contribution in [-0.4, -0.2) is 19.4 Å². The monoisotopic (exact) mass is 268 g/mol. The minimum absolute atomic E-state index is 0.232. The Morgan fingerprint density at radius 3 is 2.50 bits per heavy atom. The van der Waals surface area contributed by atoms with Crippen LogP contribution in [-0.2, 0) is 0 Å². The molecule has 18 heavy (non-hydrogen) atoms. The molecule has 5 nitrogen and oxygen atoms in total. The number of nitrogens with zero attached hydrogens (tertiary/aromatic N) is 1. The Morgan fingerprint density at radius 2 is 2.00 bits per heavy atom. The fourth-order valence-electron chi connectivity index (χ4n) is 1.86. The van der Waals surface area contributed by atoms with Crippen molar-refractivity contribution in [3.8, 4) is 22.8 Å². The minimum Gasteiger partial charge on any atom is -0.493 e. The van der Waals surface area contributed by atoms with Crippen LogP contribution in [0.3, 0.4) is 0 Å². The predicted molar refractivity (Wildman–Crippen MR) is 69.2 cm³/mol. The second kappa shape index (κ2) is 4.78. The van der Waals surface area contributed by atoms with Crippen LogP contribution in [0.1, 0.15) is 5.56 Å². The van der Waals surface area contributed by atoms with Gasteiger partial charge in [-0.15, -0.1) is 0 Å². The highest BCUT2D eigenvalue weighted by Gasteiger charge is 2.19. The van der Waals surface area contributed by atoms with Gasteiger partial charge in [-0.3, -0.25) is 0 Å². The summed E-state index contributed by atoms with van der Waals surface area (Å²) < 4.78 is 15.4. The molecular weight excluding hydrogens is 256 g/mol. The molecule has 0 aliphatic carbocycles. The van der Waals surface area contributed by atoms with Crippen LogP contribution in [0.15, 0.2) is 16.7 Å². The van der Waals surface area contributed by atoms with E-state index in [1.165, 1.54) is 0 Å². The molecule has 0 bridgehead atoms.